The second-order valence-electron chi connectivity index (χ2n) is 7.30. The van der Waals surface area contributed by atoms with Gasteiger partial charge in [-0.05, 0) is 44.1 Å². The van der Waals surface area contributed by atoms with Gasteiger partial charge < -0.3 is 20.9 Å². The molecule has 26 heavy (non-hydrogen) atoms. The number of amides is 2. The van der Waals surface area contributed by atoms with Crippen molar-refractivity contribution >= 4 is 34.1 Å². The van der Waals surface area contributed by atoms with Gasteiger partial charge in [0.1, 0.15) is 5.00 Å². The Bertz CT molecular complexity index is 774. The molecule has 1 aromatic heterocycles. The molecule has 0 aromatic carbocycles. The molecule has 140 valence electrons. The SMILES string of the molecule is NC(=O)c1c(NC(=O)[C@H]2[C@H](C(=O)O)[C@H]3CC[C@H]2O3)sc2c1CCCCC2. The lowest BCUT2D eigenvalue weighted by atomic mass is 9.78. The highest BCUT2D eigenvalue weighted by atomic mass is 32.1. The maximum absolute atomic E-state index is 12.9. The average Bonchev–Trinajstić information content (AvgIpc) is 3.23. The highest BCUT2D eigenvalue weighted by molar-refractivity contribution is 7.17. The minimum absolute atomic E-state index is 0.365. The van der Waals surface area contributed by atoms with E-state index in [1.54, 1.807) is 0 Å². The average molecular weight is 378 g/mol. The maximum Gasteiger partial charge on any atom is 0.310 e. The molecule has 2 bridgehead atoms. The fourth-order valence-corrected chi connectivity index (χ4v) is 5.91. The first-order valence-electron chi connectivity index (χ1n) is 9.11. The minimum atomic E-state index is -1.01. The summed E-state index contributed by atoms with van der Waals surface area (Å²) in [5, 5.41) is 12.8. The smallest absolute Gasteiger partial charge is 0.310 e. The molecule has 0 saturated carbocycles. The third-order valence-electron chi connectivity index (χ3n) is 5.77. The number of carboxylic acid groups (broad SMARTS) is 1. The summed E-state index contributed by atoms with van der Waals surface area (Å²) in [6, 6.07) is 0. The Morgan fingerprint density at radius 2 is 1.77 bits per heavy atom. The number of anilines is 1. The van der Waals surface area contributed by atoms with Gasteiger partial charge in [-0.25, -0.2) is 0 Å². The Balaban J connectivity index is 1.62. The lowest BCUT2D eigenvalue weighted by molar-refractivity contribution is -0.147. The van der Waals surface area contributed by atoms with Gasteiger partial charge in [-0.15, -0.1) is 11.3 Å². The molecule has 4 rings (SSSR count). The van der Waals surface area contributed by atoms with E-state index in [1.807, 2.05) is 0 Å². The number of aryl methyl sites for hydroxylation is 1. The van der Waals surface area contributed by atoms with E-state index in [1.165, 1.54) is 11.3 Å². The summed E-state index contributed by atoms with van der Waals surface area (Å²) in [7, 11) is 0. The Morgan fingerprint density at radius 3 is 2.46 bits per heavy atom. The van der Waals surface area contributed by atoms with Crippen molar-refractivity contribution < 1.29 is 24.2 Å². The van der Waals surface area contributed by atoms with Crippen LogP contribution in [0, 0.1) is 11.8 Å². The van der Waals surface area contributed by atoms with Gasteiger partial charge in [0.25, 0.3) is 5.91 Å². The van der Waals surface area contributed by atoms with Gasteiger partial charge in [-0.2, -0.15) is 0 Å². The van der Waals surface area contributed by atoms with E-state index in [0.717, 1.165) is 42.5 Å². The van der Waals surface area contributed by atoms with Crippen LogP contribution in [-0.4, -0.2) is 35.1 Å². The number of nitrogens with one attached hydrogen (secondary N) is 1. The van der Waals surface area contributed by atoms with Crippen LogP contribution in [0.1, 0.15) is 52.9 Å². The Kier molecular flexibility index (Phi) is 4.48. The van der Waals surface area contributed by atoms with Crippen LogP contribution in [0.25, 0.3) is 0 Å². The number of carbonyl (C=O) groups is 3. The standard InChI is InChI=1S/C18H22N2O5S/c19-15(21)12-8-4-2-1-3-5-11(8)26-17(12)20-16(22)13-9-6-7-10(25-9)14(13)18(23)24/h9-10,13-14H,1-7H2,(H2,19,21)(H,20,22)(H,23,24)/t9-,10-,13-,14-/m1/s1. The summed E-state index contributed by atoms with van der Waals surface area (Å²) in [6.07, 6.45) is 5.44. The topological polar surface area (TPSA) is 119 Å². The zero-order chi connectivity index (χ0) is 18.4. The number of hydrogen-bond acceptors (Lipinski definition) is 5. The third kappa shape index (κ3) is 2.81. The second-order valence-corrected chi connectivity index (χ2v) is 8.41. The van der Waals surface area contributed by atoms with Gasteiger partial charge in [0.2, 0.25) is 5.91 Å². The molecule has 0 radical (unpaired) electrons. The number of rotatable bonds is 4. The lowest BCUT2D eigenvalue weighted by Crippen LogP contribution is -2.41. The number of hydrogen-bond donors (Lipinski definition) is 3. The second kappa shape index (κ2) is 6.66. The van der Waals surface area contributed by atoms with Gasteiger partial charge in [0, 0.05) is 4.88 Å². The van der Waals surface area contributed by atoms with Crippen molar-refractivity contribution in [2.24, 2.45) is 17.6 Å². The minimum Gasteiger partial charge on any atom is -0.481 e. The number of aliphatic carboxylic acids is 1. The molecule has 4 atom stereocenters. The van der Waals surface area contributed by atoms with Gasteiger partial charge in [0.15, 0.2) is 0 Å². The highest BCUT2D eigenvalue weighted by Gasteiger charge is 2.55. The number of nitrogens with two attached hydrogens (primary N) is 1. The molecule has 7 nitrogen and oxygen atoms in total. The molecule has 1 aliphatic carbocycles. The first-order valence-corrected chi connectivity index (χ1v) is 9.92. The van der Waals surface area contributed by atoms with Crippen molar-refractivity contribution in [3.05, 3.63) is 16.0 Å². The van der Waals surface area contributed by atoms with Crippen molar-refractivity contribution in [1.29, 1.82) is 0 Å². The molecular formula is C18H22N2O5S. The summed E-state index contributed by atoms with van der Waals surface area (Å²) < 4.78 is 5.66. The number of fused-ring (bicyclic) bond motifs is 3. The van der Waals surface area contributed by atoms with Gasteiger partial charge >= 0.3 is 5.97 Å². The fourth-order valence-electron chi connectivity index (χ4n) is 4.61. The fraction of sp³-hybridized carbons (Fsp3) is 0.611. The van der Waals surface area contributed by atoms with Gasteiger partial charge in [0.05, 0.1) is 29.6 Å². The molecule has 0 spiro atoms. The molecule has 3 heterocycles. The van der Waals surface area contributed by atoms with Crippen LogP contribution in [-0.2, 0) is 27.2 Å². The number of thiophene rings is 1. The van der Waals surface area contributed by atoms with Crippen LogP contribution in [0.15, 0.2) is 0 Å². The van der Waals surface area contributed by atoms with Crippen molar-refractivity contribution in [3.8, 4) is 0 Å². The molecule has 2 fully saturated rings. The summed E-state index contributed by atoms with van der Waals surface area (Å²) in [6.45, 7) is 0. The molecule has 8 heteroatoms. The maximum atomic E-state index is 12.9. The van der Waals surface area contributed by atoms with Crippen molar-refractivity contribution in [2.75, 3.05) is 5.32 Å². The predicted octanol–water partition coefficient (Wildman–Crippen LogP) is 1.93. The zero-order valence-electron chi connectivity index (χ0n) is 14.3. The molecule has 4 N–H and O–H groups in total. The van der Waals surface area contributed by atoms with Crippen LogP contribution in [0.3, 0.4) is 0 Å². The van der Waals surface area contributed by atoms with E-state index in [4.69, 9.17) is 10.5 Å². The van der Waals surface area contributed by atoms with E-state index in [9.17, 15) is 19.5 Å². The summed E-state index contributed by atoms with van der Waals surface area (Å²) in [5.41, 5.74) is 6.95. The van der Waals surface area contributed by atoms with Gasteiger partial charge in [-0.1, -0.05) is 6.42 Å². The van der Waals surface area contributed by atoms with E-state index < -0.39 is 29.8 Å². The third-order valence-corrected chi connectivity index (χ3v) is 6.97. The molecule has 2 saturated heterocycles. The number of carbonyl (C=O) groups excluding carboxylic acids is 2. The molecule has 0 unspecified atom stereocenters. The zero-order valence-corrected chi connectivity index (χ0v) is 15.1. The normalized spacial score (nSPS) is 29.8. The van der Waals surface area contributed by atoms with Crippen molar-refractivity contribution in [3.63, 3.8) is 0 Å². The first-order chi connectivity index (χ1) is 12.5. The lowest BCUT2D eigenvalue weighted by Gasteiger charge is -2.23. The summed E-state index contributed by atoms with van der Waals surface area (Å²) in [4.78, 5) is 37.6. The highest BCUT2D eigenvalue weighted by Crippen LogP contribution is 2.45. The van der Waals surface area contributed by atoms with Crippen LogP contribution >= 0.6 is 11.3 Å². The molecular weight excluding hydrogens is 356 g/mol. The Labute approximate surface area is 154 Å². The summed E-state index contributed by atoms with van der Waals surface area (Å²) in [5.74, 6) is -3.49. The van der Waals surface area contributed by atoms with Crippen LogP contribution in [0.5, 0.6) is 0 Å². The van der Waals surface area contributed by atoms with Crippen LogP contribution in [0.2, 0.25) is 0 Å². The van der Waals surface area contributed by atoms with Gasteiger partial charge in [-0.3, -0.25) is 14.4 Å². The van der Waals surface area contributed by atoms with E-state index >= 15 is 0 Å². The molecule has 1 aromatic rings. The Morgan fingerprint density at radius 1 is 1.08 bits per heavy atom. The number of carboxylic acids is 1. The summed E-state index contributed by atoms with van der Waals surface area (Å²) >= 11 is 1.40. The van der Waals surface area contributed by atoms with Crippen LogP contribution in [0.4, 0.5) is 5.00 Å². The van der Waals surface area contributed by atoms with Crippen molar-refractivity contribution in [1.82, 2.24) is 0 Å². The first kappa shape index (κ1) is 17.5. The van der Waals surface area contributed by atoms with E-state index in [-0.39, 0.29) is 12.0 Å². The number of ether oxygens (including phenoxy) is 1. The van der Waals surface area contributed by atoms with Crippen molar-refractivity contribution in [2.45, 2.75) is 57.2 Å². The van der Waals surface area contributed by atoms with Crippen LogP contribution < -0.4 is 11.1 Å². The predicted molar refractivity (Wildman–Crippen MR) is 95.2 cm³/mol. The Hall–Kier alpha value is -1.93. The number of primary amides is 1. The van der Waals surface area contributed by atoms with E-state index in [2.05, 4.69) is 5.32 Å². The molecule has 2 aliphatic heterocycles. The quantitative estimate of drug-likeness (QED) is 0.692. The monoisotopic (exact) mass is 378 g/mol. The molecule has 2 amide bonds. The molecule has 3 aliphatic rings. The van der Waals surface area contributed by atoms with E-state index in [0.29, 0.717) is 23.4 Å². The largest absolute Gasteiger partial charge is 0.481 e.